The Morgan fingerprint density at radius 1 is 1.43 bits per heavy atom. The third-order valence-corrected chi connectivity index (χ3v) is 2.89. The Labute approximate surface area is 119 Å². The van der Waals surface area contributed by atoms with Gasteiger partial charge >= 0.3 is 5.97 Å². The Kier molecular flexibility index (Phi) is 4.27. The van der Waals surface area contributed by atoms with Crippen LogP contribution in [0.2, 0.25) is 0 Å². The molecule has 1 unspecified atom stereocenters. The molecule has 8 heteroatoms. The number of hydrogen-bond donors (Lipinski definition) is 2. The average Bonchev–Trinajstić information content (AvgIpc) is 2.98. The van der Waals surface area contributed by atoms with E-state index in [0.29, 0.717) is 0 Å². The number of carboxylic acid groups (broad SMARTS) is 1. The van der Waals surface area contributed by atoms with E-state index in [1.807, 2.05) is 0 Å². The largest absolute Gasteiger partial charge is 0.481 e. The Morgan fingerprint density at radius 3 is 2.71 bits per heavy atom. The van der Waals surface area contributed by atoms with E-state index in [1.54, 1.807) is 0 Å². The van der Waals surface area contributed by atoms with Crippen LogP contribution in [-0.4, -0.2) is 38.7 Å². The van der Waals surface area contributed by atoms with Gasteiger partial charge in [-0.25, -0.2) is 9.49 Å². The summed E-state index contributed by atoms with van der Waals surface area (Å²) >= 11 is 0. The molecule has 2 N–H and O–H groups in total. The van der Waals surface area contributed by atoms with Crippen LogP contribution >= 0.6 is 0 Å². The first-order chi connectivity index (χ1) is 10.0. The van der Waals surface area contributed by atoms with Crippen molar-refractivity contribution in [2.75, 3.05) is 11.4 Å². The fourth-order valence-corrected chi connectivity index (χ4v) is 1.73. The number of carbonyl (C=O) groups excluding carboxylic acids is 1. The van der Waals surface area contributed by atoms with Crippen molar-refractivity contribution in [2.45, 2.75) is 6.92 Å². The second-order valence-electron chi connectivity index (χ2n) is 4.44. The van der Waals surface area contributed by atoms with Gasteiger partial charge in [-0.1, -0.05) is 19.1 Å². The van der Waals surface area contributed by atoms with Gasteiger partial charge in [0.25, 0.3) is 5.91 Å². The maximum atomic E-state index is 13.7. The van der Waals surface area contributed by atoms with Crippen molar-refractivity contribution in [1.29, 1.82) is 0 Å². The van der Waals surface area contributed by atoms with Crippen LogP contribution in [0.5, 0.6) is 0 Å². The number of amides is 1. The second-order valence-corrected chi connectivity index (χ2v) is 4.44. The Bertz CT molecular complexity index is 645. The van der Waals surface area contributed by atoms with Gasteiger partial charge in [0.2, 0.25) is 5.95 Å². The third-order valence-electron chi connectivity index (χ3n) is 2.89. The molecular formula is C13H13FN4O3. The minimum Gasteiger partial charge on any atom is -0.481 e. The van der Waals surface area contributed by atoms with Gasteiger partial charge in [-0.15, -0.1) is 0 Å². The molecule has 0 saturated heterocycles. The minimum atomic E-state index is -1.07. The van der Waals surface area contributed by atoms with Crippen LogP contribution in [-0.2, 0) is 4.79 Å². The van der Waals surface area contributed by atoms with Crippen LogP contribution in [0.4, 0.5) is 10.3 Å². The highest BCUT2D eigenvalue weighted by Gasteiger charge is 2.26. The molecule has 1 atom stereocenters. The van der Waals surface area contributed by atoms with E-state index in [1.165, 1.54) is 31.5 Å². The lowest BCUT2D eigenvalue weighted by molar-refractivity contribution is -0.140. The summed E-state index contributed by atoms with van der Waals surface area (Å²) in [6.07, 6.45) is 1.18. The number of nitrogens with one attached hydrogen (secondary N) is 1. The van der Waals surface area contributed by atoms with Gasteiger partial charge in [-0.2, -0.15) is 10.1 Å². The van der Waals surface area contributed by atoms with Crippen molar-refractivity contribution in [3.8, 4) is 0 Å². The first-order valence-corrected chi connectivity index (χ1v) is 6.15. The highest BCUT2D eigenvalue weighted by atomic mass is 19.1. The van der Waals surface area contributed by atoms with Gasteiger partial charge in [-0.3, -0.25) is 14.5 Å². The number of benzene rings is 1. The topological polar surface area (TPSA) is 99.2 Å². The van der Waals surface area contributed by atoms with Crippen LogP contribution < -0.4 is 4.90 Å². The molecule has 0 saturated carbocycles. The van der Waals surface area contributed by atoms with E-state index in [4.69, 9.17) is 5.11 Å². The first-order valence-electron chi connectivity index (χ1n) is 6.15. The molecular weight excluding hydrogens is 279 g/mol. The molecule has 0 spiro atoms. The van der Waals surface area contributed by atoms with Gasteiger partial charge in [0, 0.05) is 6.54 Å². The van der Waals surface area contributed by atoms with Gasteiger partial charge < -0.3 is 5.11 Å². The fraction of sp³-hybridized carbons (Fsp3) is 0.231. The van der Waals surface area contributed by atoms with Gasteiger partial charge in [0.1, 0.15) is 12.1 Å². The zero-order chi connectivity index (χ0) is 15.4. The molecule has 1 heterocycles. The molecule has 0 aliphatic carbocycles. The van der Waals surface area contributed by atoms with Gasteiger partial charge in [-0.05, 0) is 12.1 Å². The Balaban J connectivity index is 2.34. The number of H-pyrrole nitrogens is 1. The lowest BCUT2D eigenvalue weighted by atomic mass is 10.1. The molecule has 0 fully saturated rings. The number of hydrogen-bond acceptors (Lipinski definition) is 4. The van der Waals surface area contributed by atoms with Crippen LogP contribution in [0.3, 0.4) is 0 Å². The van der Waals surface area contributed by atoms with Gasteiger partial charge in [0.05, 0.1) is 11.5 Å². The number of anilines is 1. The lowest BCUT2D eigenvalue weighted by Crippen LogP contribution is -2.38. The van der Waals surface area contributed by atoms with E-state index >= 15 is 0 Å². The Hall–Kier alpha value is -2.77. The van der Waals surface area contributed by atoms with Gasteiger partial charge in [0.15, 0.2) is 0 Å². The highest BCUT2D eigenvalue weighted by molar-refractivity contribution is 6.05. The second kappa shape index (κ2) is 6.12. The molecule has 0 aliphatic heterocycles. The molecule has 0 radical (unpaired) electrons. The summed E-state index contributed by atoms with van der Waals surface area (Å²) in [5, 5.41) is 15.1. The summed E-state index contributed by atoms with van der Waals surface area (Å²) in [5.74, 6) is -3.21. The van der Waals surface area contributed by atoms with Crippen molar-refractivity contribution in [1.82, 2.24) is 15.2 Å². The zero-order valence-corrected chi connectivity index (χ0v) is 11.2. The third kappa shape index (κ3) is 3.22. The molecule has 7 nitrogen and oxygen atoms in total. The maximum absolute atomic E-state index is 13.7. The van der Waals surface area contributed by atoms with E-state index in [2.05, 4.69) is 15.2 Å². The van der Waals surface area contributed by atoms with Crippen LogP contribution in [0.25, 0.3) is 0 Å². The zero-order valence-electron chi connectivity index (χ0n) is 11.2. The van der Waals surface area contributed by atoms with Crippen LogP contribution in [0.15, 0.2) is 30.6 Å². The summed E-state index contributed by atoms with van der Waals surface area (Å²) in [6.45, 7) is 1.29. The van der Waals surface area contributed by atoms with E-state index in [9.17, 15) is 14.0 Å². The fourth-order valence-electron chi connectivity index (χ4n) is 1.73. The number of halogens is 1. The van der Waals surface area contributed by atoms with Crippen molar-refractivity contribution in [3.05, 3.63) is 42.0 Å². The van der Waals surface area contributed by atoms with Crippen molar-refractivity contribution < 1.29 is 19.1 Å². The number of nitrogens with zero attached hydrogens (tertiary/aromatic N) is 3. The molecule has 21 heavy (non-hydrogen) atoms. The summed E-state index contributed by atoms with van der Waals surface area (Å²) in [5.41, 5.74) is -0.161. The van der Waals surface area contributed by atoms with Crippen LogP contribution in [0, 0.1) is 11.7 Å². The number of rotatable bonds is 5. The molecule has 1 amide bonds. The molecule has 0 bridgehead atoms. The van der Waals surface area contributed by atoms with Crippen molar-refractivity contribution in [2.24, 2.45) is 5.92 Å². The number of aromatic nitrogens is 3. The lowest BCUT2D eigenvalue weighted by Gasteiger charge is -2.21. The summed E-state index contributed by atoms with van der Waals surface area (Å²) in [6, 6.07) is 5.47. The number of carbonyl (C=O) groups is 2. The molecule has 110 valence electrons. The minimum absolute atomic E-state index is 0.0661. The summed E-state index contributed by atoms with van der Waals surface area (Å²) in [4.78, 5) is 28.3. The average molecular weight is 292 g/mol. The first kappa shape index (κ1) is 14.6. The van der Waals surface area contributed by atoms with Crippen molar-refractivity contribution >= 4 is 17.8 Å². The normalized spacial score (nSPS) is 11.9. The molecule has 2 rings (SSSR count). The SMILES string of the molecule is CC(CN(C(=O)c1ccccc1F)c1ncn[nH]1)C(=O)O. The predicted octanol–water partition coefficient (Wildman–Crippen LogP) is 1.31. The summed E-state index contributed by atoms with van der Waals surface area (Å²) in [7, 11) is 0. The van der Waals surface area contributed by atoms with E-state index < -0.39 is 23.6 Å². The van der Waals surface area contributed by atoms with E-state index in [-0.39, 0.29) is 18.1 Å². The smallest absolute Gasteiger partial charge is 0.308 e. The Morgan fingerprint density at radius 2 is 2.14 bits per heavy atom. The molecule has 1 aromatic carbocycles. The predicted molar refractivity (Wildman–Crippen MR) is 71.3 cm³/mol. The number of aromatic amines is 1. The molecule has 0 aliphatic rings. The highest BCUT2D eigenvalue weighted by Crippen LogP contribution is 2.16. The number of carboxylic acids is 1. The quantitative estimate of drug-likeness (QED) is 0.865. The van der Waals surface area contributed by atoms with Crippen LogP contribution in [0.1, 0.15) is 17.3 Å². The maximum Gasteiger partial charge on any atom is 0.308 e. The van der Waals surface area contributed by atoms with Crippen molar-refractivity contribution in [3.63, 3.8) is 0 Å². The summed E-state index contributed by atoms with van der Waals surface area (Å²) < 4.78 is 13.7. The monoisotopic (exact) mass is 292 g/mol. The standard InChI is InChI=1S/C13H13FN4O3/c1-8(12(20)21)6-18(13-15-7-16-17-13)11(19)9-4-2-3-5-10(9)14/h2-5,7-8H,6H2,1H3,(H,20,21)(H,15,16,17). The molecule has 2 aromatic rings. The van der Waals surface area contributed by atoms with E-state index in [0.717, 1.165) is 11.0 Å². The molecule has 1 aromatic heterocycles. The number of aliphatic carboxylic acids is 1.